The van der Waals surface area contributed by atoms with Crippen LogP contribution in [0.3, 0.4) is 0 Å². The van der Waals surface area contributed by atoms with E-state index in [1.807, 2.05) is 53.4 Å². The van der Waals surface area contributed by atoms with Crippen LogP contribution in [0.4, 0.5) is 42.9 Å². The van der Waals surface area contributed by atoms with Crippen molar-refractivity contribution < 1.29 is 8.78 Å². The van der Waals surface area contributed by atoms with Crippen LogP contribution >= 0.6 is 0 Å². The molecule has 84 heavy (non-hydrogen) atoms. The van der Waals surface area contributed by atoms with Gasteiger partial charge in [-0.3, -0.25) is 0 Å². The maximum Gasteiger partial charge on any atom is 0.133 e. The summed E-state index contributed by atoms with van der Waals surface area (Å²) >= 11 is 0. The molecule has 4 heteroatoms. The van der Waals surface area contributed by atoms with Crippen LogP contribution in [-0.2, 0) is 0 Å². The molecule has 0 heterocycles. The number of hydrogen-bond acceptors (Lipinski definition) is 2. The highest BCUT2D eigenvalue weighted by molar-refractivity contribution is 5.85. The molecular formula is C80H58F2N2. The normalized spacial score (nSPS) is 11.1. The number of anilines is 6. The summed E-state index contributed by atoms with van der Waals surface area (Å²) in [7, 11) is 0. The number of benzene rings is 13. The van der Waals surface area contributed by atoms with Crippen molar-refractivity contribution >= 4 is 34.1 Å². The van der Waals surface area contributed by atoms with E-state index in [1.54, 1.807) is 12.1 Å². The molecule has 0 aromatic heterocycles. The molecule has 0 aliphatic heterocycles. The molecular weight excluding hydrogens is 1030 g/mol. The lowest BCUT2D eigenvalue weighted by atomic mass is 9.97. The predicted octanol–water partition coefficient (Wildman–Crippen LogP) is 22.9. The molecule has 0 aliphatic carbocycles. The molecule has 13 aromatic carbocycles. The lowest BCUT2D eigenvalue weighted by Crippen LogP contribution is -2.10. The van der Waals surface area contributed by atoms with Crippen LogP contribution in [0.15, 0.2) is 315 Å². The molecule has 0 radical (unpaired) electrons. The fourth-order valence-electron chi connectivity index (χ4n) is 11.5. The van der Waals surface area contributed by atoms with E-state index in [2.05, 4.69) is 261 Å². The molecule has 0 saturated carbocycles. The molecule has 0 fully saturated rings. The van der Waals surface area contributed by atoms with Crippen molar-refractivity contribution in [2.45, 2.75) is 13.8 Å². The van der Waals surface area contributed by atoms with E-state index < -0.39 is 11.6 Å². The van der Waals surface area contributed by atoms with Gasteiger partial charge in [-0.05, 0) is 188 Å². The van der Waals surface area contributed by atoms with Crippen LogP contribution in [-0.4, -0.2) is 0 Å². The van der Waals surface area contributed by atoms with Gasteiger partial charge in [-0.2, -0.15) is 0 Å². The smallest absolute Gasteiger partial charge is 0.133 e. The average molecular weight is 1090 g/mol. The third-order valence-corrected chi connectivity index (χ3v) is 15.9. The fraction of sp³-hybridized carbons (Fsp3) is 0.0250. The largest absolute Gasteiger partial charge is 0.310 e. The molecule has 0 N–H and O–H groups in total. The lowest BCUT2D eigenvalue weighted by molar-refractivity contribution is 0.616. The third kappa shape index (κ3) is 11.0. The van der Waals surface area contributed by atoms with E-state index in [1.165, 1.54) is 45.5 Å². The highest BCUT2D eigenvalue weighted by Crippen LogP contribution is 2.43. The summed E-state index contributed by atoms with van der Waals surface area (Å²) in [6, 6.07) is 107. The summed E-state index contributed by atoms with van der Waals surface area (Å²) in [5.41, 5.74) is 23.2. The minimum Gasteiger partial charge on any atom is -0.310 e. The minimum absolute atomic E-state index is 0.180. The van der Waals surface area contributed by atoms with Gasteiger partial charge in [-0.25, -0.2) is 8.78 Å². The van der Waals surface area contributed by atoms with Crippen LogP contribution in [0.5, 0.6) is 0 Å². The maximum atomic E-state index is 16.9. The maximum absolute atomic E-state index is 16.9. The standard InChI is InChI=1S/C80H58F2N2/c1-55-51-72(44-48-75(55)66-19-11-5-12-20-66)84(73-45-49-76(56(2)52-73)67-21-13-6-14-22-67)71-42-35-65(36-43-71)68-37-47-77(79(81)53-68)78-50-46-74(54-80(78)82)83(69-38-31-63(32-39-69)61-27-23-59(24-28-61)57-15-7-3-8-16-57)70-40-33-64(34-41-70)62-29-25-60(26-30-62)58-17-9-4-10-18-58/h3-54H,1-2H3. The second-order valence-electron chi connectivity index (χ2n) is 21.3. The zero-order valence-electron chi connectivity index (χ0n) is 46.7. The summed E-state index contributed by atoms with van der Waals surface area (Å²) in [6.45, 7) is 4.31. The van der Waals surface area contributed by atoms with Crippen LogP contribution in [0.2, 0.25) is 0 Å². The highest BCUT2D eigenvalue weighted by Gasteiger charge is 2.20. The van der Waals surface area contributed by atoms with Crippen LogP contribution in [0.1, 0.15) is 11.1 Å². The molecule has 0 unspecified atom stereocenters. The van der Waals surface area contributed by atoms with Crippen LogP contribution in [0.25, 0.3) is 89.0 Å². The summed E-state index contributed by atoms with van der Waals surface area (Å²) in [5.74, 6) is -1.04. The van der Waals surface area contributed by atoms with Gasteiger partial charge < -0.3 is 9.80 Å². The van der Waals surface area contributed by atoms with Crippen molar-refractivity contribution in [3.63, 3.8) is 0 Å². The Kier molecular flexibility index (Phi) is 14.7. The molecule has 0 bridgehead atoms. The Morgan fingerprint density at radius 2 is 0.417 bits per heavy atom. The zero-order valence-corrected chi connectivity index (χ0v) is 46.7. The number of halogens is 2. The Hall–Kier alpha value is -10.7. The SMILES string of the molecule is Cc1cc(N(c2ccc(-c3ccc(-c4ccc(N(c5ccc(-c6ccc(-c7ccccc7)cc6)cc5)c5ccc(-c6ccc(-c7ccccc7)cc6)cc5)cc4F)c(F)c3)cc2)c2ccc(-c3ccccc3)c(C)c2)ccc1-c1ccccc1. The minimum atomic E-state index is -0.530. The van der Waals surface area contributed by atoms with Gasteiger partial charge in [0.15, 0.2) is 0 Å². The van der Waals surface area contributed by atoms with Gasteiger partial charge in [0, 0.05) is 45.3 Å². The molecule has 13 rings (SSSR count). The first-order valence-electron chi connectivity index (χ1n) is 28.4. The Labute approximate surface area is 491 Å². The molecule has 2 nitrogen and oxygen atoms in total. The number of hydrogen-bond donors (Lipinski definition) is 0. The van der Waals surface area contributed by atoms with Gasteiger partial charge in [-0.1, -0.05) is 231 Å². The van der Waals surface area contributed by atoms with Gasteiger partial charge in [0.25, 0.3) is 0 Å². The topological polar surface area (TPSA) is 6.48 Å². The predicted molar refractivity (Wildman–Crippen MR) is 349 cm³/mol. The van der Waals surface area contributed by atoms with E-state index >= 15 is 8.78 Å². The van der Waals surface area contributed by atoms with Gasteiger partial charge in [0.05, 0.1) is 0 Å². The first-order chi connectivity index (χ1) is 41.3. The monoisotopic (exact) mass is 1080 g/mol. The van der Waals surface area contributed by atoms with E-state index in [0.29, 0.717) is 11.3 Å². The van der Waals surface area contributed by atoms with Crippen LogP contribution in [0, 0.1) is 25.5 Å². The number of aryl methyl sites for hydroxylation is 2. The zero-order chi connectivity index (χ0) is 56.9. The van der Waals surface area contributed by atoms with Crippen molar-refractivity contribution in [2.24, 2.45) is 0 Å². The first kappa shape index (κ1) is 52.7. The summed E-state index contributed by atoms with van der Waals surface area (Å²) in [6.07, 6.45) is 0. The fourth-order valence-corrected chi connectivity index (χ4v) is 11.5. The molecule has 0 amide bonds. The molecule has 0 atom stereocenters. The van der Waals surface area contributed by atoms with E-state index in [-0.39, 0.29) is 11.1 Å². The van der Waals surface area contributed by atoms with Gasteiger partial charge in [0.2, 0.25) is 0 Å². The third-order valence-electron chi connectivity index (χ3n) is 15.9. The first-order valence-corrected chi connectivity index (χ1v) is 28.4. The molecule has 402 valence electrons. The Balaban J connectivity index is 0.793. The quantitative estimate of drug-likeness (QED) is 0.107. The molecule has 0 saturated heterocycles. The summed E-state index contributed by atoms with van der Waals surface area (Å²) < 4.78 is 33.5. The van der Waals surface area contributed by atoms with Crippen molar-refractivity contribution in [3.8, 4) is 89.0 Å². The van der Waals surface area contributed by atoms with E-state index in [4.69, 9.17) is 0 Å². The van der Waals surface area contributed by atoms with Crippen molar-refractivity contribution in [1.82, 2.24) is 0 Å². The van der Waals surface area contributed by atoms with Gasteiger partial charge in [0.1, 0.15) is 11.6 Å². The highest BCUT2D eigenvalue weighted by atomic mass is 19.1. The average Bonchev–Trinajstić information content (AvgIpc) is 3.70. The van der Waals surface area contributed by atoms with Crippen LogP contribution < -0.4 is 9.80 Å². The second kappa shape index (κ2) is 23.4. The summed E-state index contributed by atoms with van der Waals surface area (Å²) in [4.78, 5) is 4.32. The number of rotatable bonds is 14. The lowest BCUT2D eigenvalue weighted by Gasteiger charge is -2.27. The Morgan fingerprint density at radius 3 is 0.738 bits per heavy atom. The van der Waals surface area contributed by atoms with Crippen molar-refractivity contribution in [1.29, 1.82) is 0 Å². The molecule has 0 aliphatic rings. The van der Waals surface area contributed by atoms with Crippen molar-refractivity contribution in [3.05, 3.63) is 338 Å². The van der Waals surface area contributed by atoms with Crippen molar-refractivity contribution in [2.75, 3.05) is 9.80 Å². The van der Waals surface area contributed by atoms with Gasteiger partial charge >= 0.3 is 0 Å². The second-order valence-corrected chi connectivity index (χ2v) is 21.3. The Bertz CT molecular complexity index is 4180. The molecule has 13 aromatic rings. The Morgan fingerprint density at radius 1 is 0.190 bits per heavy atom. The number of nitrogens with zero attached hydrogens (tertiary/aromatic N) is 2. The summed E-state index contributed by atoms with van der Waals surface area (Å²) in [5, 5.41) is 0. The van der Waals surface area contributed by atoms with E-state index in [9.17, 15) is 0 Å². The molecule has 0 spiro atoms. The van der Waals surface area contributed by atoms with Gasteiger partial charge in [-0.15, -0.1) is 0 Å². The van der Waals surface area contributed by atoms with E-state index in [0.717, 1.165) is 78.5 Å².